The van der Waals surface area contributed by atoms with Crippen molar-refractivity contribution in [1.29, 1.82) is 0 Å². The van der Waals surface area contributed by atoms with E-state index in [0.717, 1.165) is 17.7 Å². The van der Waals surface area contributed by atoms with Crippen molar-refractivity contribution in [3.8, 4) is 5.75 Å². The first-order valence-electron chi connectivity index (χ1n) is 8.24. The maximum Gasteiger partial charge on any atom is 0.152 e. The smallest absolute Gasteiger partial charge is 0.152 e. The zero-order valence-electron chi connectivity index (χ0n) is 13.6. The van der Waals surface area contributed by atoms with Crippen LogP contribution in [0.15, 0.2) is 24.3 Å². The number of rotatable bonds is 3. The lowest BCUT2D eigenvalue weighted by Gasteiger charge is -2.36. The molecule has 0 saturated carbocycles. The Kier molecular flexibility index (Phi) is 4.13. The van der Waals surface area contributed by atoms with Crippen molar-refractivity contribution >= 4 is 27.4 Å². The number of ether oxygens (including phenoxy) is 1. The van der Waals surface area contributed by atoms with Crippen molar-refractivity contribution in [2.24, 2.45) is 0 Å². The number of hydrogen-bond donors (Lipinski definition) is 0. The quantitative estimate of drug-likeness (QED) is 0.804. The first-order valence-corrected chi connectivity index (χ1v) is 10.9. The largest absolute Gasteiger partial charge is 0.497 e. The van der Waals surface area contributed by atoms with Gasteiger partial charge in [0.25, 0.3) is 0 Å². The Balaban J connectivity index is 1.67. The molecule has 0 aromatic heterocycles. The Labute approximate surface area is 146 Å². The SMILES string of the molecule is COc1ccc(CN2[C@H]3CCC(=O)[C@@H]2C2(C3)[S@](=O)CC[S@]2=O)cc1. The molecule has 0 radical (unpaired) electrons. The molecule has 2 bridgehead atoms. The van der Waals surface area contributed by atoms with Crippen LogP contribution in [0.5, 0.6) is 5.75 Å². The minimum Gasteiger partial charge on any atom is -0.497 e. The molecule has 3 aliphatic rings. The van der Waals surface area contributed by atoms with E-state index in [1.54, 1.807) is 7.11 Å². The number of piperidine rings is 1. The molecule has 4 rings (SSSR count). The van der Waals surface area contributed by atoms with Crippen LogP contribution in [-0.4, -0.2) is 53.9 Å². The molecule has 0 unspecified atom stereocenters. The van der Waals surface area contributed by atoms with Crippen molar-refractivity contribution in [3.05, 3.63) is 29.8 Å². The zero-order chi connectivity index (χ0) is 16.9. The number of benzene rings is 1. The van der Waals surface area contributed by atoms with Gasteiger partial charge in [-0.2, -0.15) is 0 Å². The van der Waals surface area contributed by atoms with Gasteiger partial charge >= 0.3 is 0 Å². The van der Waals surface area contributed by atoms with Crippen molar-refractivity contribution in [2.75, 3.05) is 18.6 Å². The van der Waals surface area contributed by atoms with E-state index in [1.807, 2.05) is 24.3 Å². The number of ketones is 1. The van der Waals surface area contributed by atoms with Crippen molar-refractivity contribution in [2.45, 2.75) is 42.0 Å². The maximum atomic E-state index is 12.7. The van der Waals surface area contributed by atoms with Gasteiger partial charge in [-0.05, 0) is 30.5 Å². The molecular formula is C17H21NO4S2. The van der Waals surface area contributed by atoms with E-state index in [2.05, 4.69) is 4.90 Å². The average Bonchev–Trinajstić information content (AvgIpc) is 3.00. The Morgan fingerprint density at radius 1 is 1.21 bits per heavy atom. The lowest BCUT2D eigenvalue weighted by atomic mass is 10.0. The van der Waals surface area contributed by atoms with Crippen LogP contribution in [0.2, 0.25) is 0 Å². The molecule has 0 aliphatic carbocycles. The Morgan fingerprint density at radius 2 is 1.88 bits per heavy atom. The molecule has 130 valence electrons. The summed E-state index contributed by atoms with van der Waals surface area (Å²) in [6.07, 6.45) is 1.92. The van der Waals surface area contributed by atoms with E-state index in [0.29, 0.717) is 30.9 Å². The van der Waals surface area contributed by atoms with Gasteiger partial charge in [0, 0.05) is 52.1 Å². The molecule has 3 heterocycles. The van der Waals surface area contributed by atoms with E-state index in [4.69, 9.17) is 4.74 Å². The summed E-state index contributed by atoms with van der Waals surface area (Å²) in [5, 5.41) is 0. The Bertz CT molecular complexity index is 702. The van der Waals surface area contributed by atoms with Gasteiger partial charge in [0.05, 0.1) is 13.2 Å². The first-order chi connectivity index (χ1) is 11.6. The zero-order valence-corrected chi connectivity index (χ0v) is 15.2. The fourth-order valence-electron chi connectivity index (χ4n) is 4.36. The van der Waals surface area contributed by atoms with E-state index in [9.17, 15) is 13.2 Å². The summed E-state index contributed by atoms with van der Waals surface area (Å²) < 4.78 is 29.8. The minimum absolute atomic E-state index is 0.112. The van der Waals surface area contributed by atoms with Crippen LogP contribution >= 0.6 is 0 Å². The van der Waals surface area contributed by atoms with E-state index in [1.165, 1.54) is 0 Å². The highest BCUT2D eigenvalue weighted by Gasteiger charge is 2.65. The highest BCUT2D eigenvalue weighted by atomic mass is 32.3. The number of nitrogens with zero attached hydrogens (tertiary/aromatic N) is 1. The molecule has 1 spiro atoms. The van der Waals surface area contributed by atoms with Gasteiger partial charge in [-0.25, -0.2) is 0 Å². The molecule has 1 aromatic carbocycles. The van der Waals surface area contributed by atoms with Crippen molar-refractivity contribution < 1.29 is 17.9 Å². The molecule has 4 atom stereocenters. The molecule has 3 fully saturated rings. The number of carbonyl (C=O) groups excluding carboxylic acids is 1. The van der Waals surface area contributed by atoms with E-state index >= 15 is 0 Å². The Hall–Kier alpha value is -1.05. The van der Waals surface area contributed by atoms with Gasteiger partial charge in [0.1, 0.15) is 9.83 Å². The van der Waals surface area contributed by atoms with Crippen LogP contribution in [-0.2, 0) is 32.9 Å². The number of fused-ring (bicyclic) bond motifs is 3. The van der Waals surface area contributed by atoms with Crippen LogP contribution < -0.4 is 4.74 Å². The second-order valence-electron chi connectivity index (χ2n) is 6.70. The van der Waals surface area contributed by atoms with Crippen molar-refractivity contribution in [3.63, 3.8) is 0 Å². The molecule has 3 aliphatic heterocycles. The van der Waals surface area contributed by atoms with Crippen LogP contribution in [0.4, 0.5) is 0 Å². The standard InChI is InChI=1S/C17H21NO4S2/c1-22-14-5-2-12(3-6-14)11-18-13-4-7-15(19)16(18)17(10-13)23(20)8-9-24(17)21/h2-3,5-6,13,16H,4,7-11H2,1H3/t13-,16+,23+,24+/m0/s1. The molecule has 0 amide bonds. The summed E-state index contributed by atoms with van der Waals surface area (Å²) in [6.45, 7) is 0.626. The van der Waals surface area contributed by atoms with Gasteiger partial charge in [-0.3, -0.25) is 18.1 Å². The molecule has 7 heteroatoms. The van der Waals surface area contributed by atoms with Crippen molar-refractivity contribution in [1.82, 2.24) is 4.90 Å². The van der Waals surface area contributed by atoms with Gasteiger partial charge in [0.2, 0.25) is 0 Å². The molecule has 0 N–H and O–H groups in total. The normalized spacial score (nSPS) is 34.8. The second kappa shape index (κ2) is 6.04. The summed E-state index contributed by atoms with van der Waals surface area (Å²) in [5.41, 5.74) is 1.09. The molecular weight excluding hydrogens is 346 g/mol. The maximum absolute atomic E-state index is 12.7. The van der Waals surface area contributed by atoms with E-state index < -0.39 is 31.7 Å². The third-order valence-electron chi connectivity index (χ3n) is 5.52. The number of methoxy groups -OCH3 is 1. The number of hydrogen-bond acceptors (Lipinski definition) is 5. The summed E-state index contributed by atoms with van der Waals surface area (Å²) in [4.78, 5) is 14.8. The Morgan fingerprint density at radius 3 is 2.50 bits per heavy atom. The minimum atomic E-state index is -1.18. The third kappa shape index (κ3) is 2.32. The number of Topliss-reactive ketones (excluding diaryl/α,β-unsaturated/α-hetero) is 1. The lowest BCUT2D eigenvalue weighted by Crippen LogP contribution is -2.54. The summed E-state index contributed by atoms with van der Waals surface area (Å²) in [7, 11) is -0.737. The van der Waals surface area contributed by atoms with Crippen LogP contribution in [0, 0.1) is 0 Å². The summed E-state index contributed by atoms with van der Waals surface area (Å²) in [5.74, 6) is 1.82. The topological polar surface area (TPSA) is 63.7 Å². The van der Waals surface area contributed by atoms with Crippen LogP contribution in [0.1, 0.15) is 24.8 Å². The fraction of sp³-hybridized carbons (Fsp3) is 0.588. The fourth-order valence-corrected chi connectivity index (χ4v) is 9.38. The van der Waals surface area contributed by atoms with Crippen LogP contribution in [0.3, 0.4) is 0 Å². The monoisotopic (exact) mass is 367 g/mol. The molecule has 5 nitrogen and oxygen atoms in total. The predicted molar refractivity (Wildman–Crippen MR) is 93.7 cm³/mol. The summed E-state index contributed by atoms with van der Waals surface area (Å²) >= 11 is 0. The van der Waals surface area contributed by atoms with Gasteiger partial charge in [0.15, 0.2) is 5.78 Å². The lowest BCUT2D eigenvalue weighted by molar-refractivity contribution is -0.126. The first kappa shape index (κ1) is 16.4. The predicted octanol–water partition coefficient (Wildman–Crippen LogP) is 1.21. The van der Waals surface area contributed by atoms with Gasteiger partial charge in [-0.15, -0.1) is 0 Å². The molecule has 24 heavy (non-hydrogen) atoms. The third-order valence-corrected chi connectivity index (χ3v) is 10.4. The highest BCUT2D eigenvalue weighted by molar-refractivity contribution is 8.07. The average molecular weight is 367 g/mol. The molecule has 3 saturated heterocycles. The summed E-state index contributed by atoms with van der Waals surface area (Å²) in [6, 6.07) is 7.54. The highest BCUT2D eigenvalue weighted by Crippen LogP contribution is 2.49. The van der Waals surface area contributed by atoms with E-state index in [-0.39, 0.29) is 11.8 Å². The van der Waals surface area contributed by atoms with Gasteiger partial charge in [-0.1, -0.05) is 12.1 Å². The van der Waals surface area contributed by atoms with Gasteiger partial charge < -0.3 is 4.74 Å². The van der Waals surface area contributed by atoms with Crippen LogP contribution in [0.25, 0.3) is 0 Å². The second-order valence-corrected chi connectivity index (χ2v) is 10.6. The number of carbonyl (C=O) groups is 1. The molecule has 1 aromatic rings.